The summed E-state index contributed by atoms with van der Waals surface area (Å²) in [6, 6.07) is 16.6. The molecule has 3 aromatic rings. The lowest BCUT2D eigenvalue weighted by atomic mass is 10.1. The number of sulfonamides is 1. The molecule has 2 amide bonds. The van der Waals surface area contributed by atoms with Crippen molar-refractivity contribution in [3.8, 4) is 5.75 Å². The van der Waals surface area contributed by atoms with E-state index in [4.69, 9.17) is 4.74 Å². The van der Waals surface area contributed by atoms with Crippen molar-refractivity contribution < 1.29 is 35.9 Å². The molecule has 3 aromatic carbocycles. The number of hydrogen-bond donors (Lipinski definition) is 1. The average Bonchev–Trinajstić information content (AvgIpc) is 2.98. The van der Waals surface area contributed by atoms with E-state index in [0.29, 0.717) is 28.2 Å². The number of carbonyl (C=O) groups is 2. The maximum Gasteiger partial charge on any atom is 0.416 e. The fourth-order valence-corrected chi connectivity index (χ4v) is 5.56. The molecule has 8 nitrogen and oxygen atoms in total. The monoisotopic (exact) mass is 605 g/mol. The normalized spacial score (nSPS) is 12.3. The number of amides is 2. The highest BCUT2D eigenvalue weighted by Crippen LogP contribution is 2.33. The molecule has 42 heavy (non-hydrogen) atoms. The van der Waals surface area contributed by atoms with Crippen LogP contribution in [0, 0.1) is 0 Å². The van der Waals surface area contributed by atoms with Crippen LogP contribution >= 0.6 is 0 Å². The zero-order chi connectivity index (χ0) is 30.9. The fourth-order valence-electron chi connectivity index (χ4n) is 4.13. The van der Waals surface area contributed by atoms with Gasteiger partial charge in [0.05, 0.1) is 23.3 Å². The predicted octanol–water partition coefficient (Wildman–Crippen LogP) is 5.24. The molecule has 1 N–H and O–H groups in total. The summed E-state index contributed by atoms with van der Waals surface area (Å²) in [6.07, 6.45) is -3.18. The van der Waals surface area contributed by atoms with Crippen molar-refractivity contribution in [1.29, 1.82) is 0 Å². The zero-order valence-electron chi connectivity index (χ0n) is 23.6. The van der Waals surface area contributed by atoms with Gasteiger partial charge in [-0.2, -0.15) is 13.2 Å². The minimum absolute atomic E-state index is 0.0625. The number of halogens is 3. The molecule has 0 aliphatic carbocycles. The van der Waals surface area contributed by atoms with Crippen molar-refractivity contribution in [2.45, 2.75) is 50.3 Å². The van der Waals surface area contributed by atoms with Crippen molar-refractivity contribution in [3.63, 3.8) is 0 Å². The minimum atomic E-state index is -4.74. The van der Waals surface area contributed by atoms with Crippen molar-refractivity contribution >= 4 is 27.5 Å². The van der Waals surface area contributed by atoms with Crippen molar-refractivity contribution in [1.82, 2.24) is 10.2 Å². The molecule has 0 aliphatic heterocycles. The van der Waals surface area contributed by atoms with Gasteiger partial charge in [0.25, 0.3) is 10.0 Å². The van der Waals surface area contributed by atoms with Gasteiger partial charge in [0.15, 0.2) is 0 Å². The number of nitrogens with one attached hydrogen (secondary N) is 1. The van der Waals surface area contributed by atoms with Gasteiger partial charge in [-0.25, -0.2) is 8.42 Å². The standard InChI is InChI=1S/C30H34F3N3O5S/c1-4-5-18-34-29(38)22(2)35(20-23-14-16-26(41-3)17-15-23)28(37)21-36(42(39,40)27-12-7-6-8-13-27)25-11-9-10-24(19-25)30(31,32)33/h6-17,19,22H,4-5,18,20-21H2,1-3H3,(H,34,38)/t22-/m0/s1. The van der Waals surface area contributed by atoms with Gasteiger partial charge < -0.3 is 15.0 Å². The Hall–Kier alpha value is -4.06. The summed E-state index contributed by atoms with van der Waals surface area (Å²) < 4.78 is 74.0. The molecular formula is C30H34F3N3O5S. The molecule has 0 saturated carbocycles. The Labute approximate surface area is 244 Å². The number of rotatable bonds is 13. The Kier molecular flexibility index (Phi) is 11.0. The third-order valence-corrected chi connectivity index (χ3v) is 8.37. The van der Waals surface area contributed by atoms with Crippen LogP contribution in [0.25, 0.3) is 0 Å². The van der Waals surface area contributed by atoms with Crippen LogP contribution in [0.15, 0.2) is 83.8 Å². The molecule has 0 fully saturated rings. The van der Waals surface area contributed by atoms with Gasteiger partial charge in [-0.15, -0.1) is 0 Å². The number of methoxy groups -OCH3 is 1. The number of carbonyl (C=O) groups excluding carboxylic acids is 2. The van der Waals surface area contributed by atoms with Gasteiger partial charge in [-0.3, -0.25) is 13.9 Å². The topological polar surface area (TPSA) is 96.0 Å². The third-order valence-electron chi connectivity index (χ3n) is 6.58. The van der Waals surface area contributed by atoms with E-state index in [1.807, 2.05) is 6.92 Å². The SMILES string of the molecule is CCCCNC(=O)[C@H](C)N(Cc1ccc(OC)cc1)C(=O)CN(c1cccc(C(F)(F)F)c1)S(=O)(=O)c1ccccc1. The summed E-state index contributed by atoms with van der Waals surface area (Å²) in [5, 5.41) is 2.78. The van der Waals surface area contributed by atoms with Gasteiger partial charge in [0.1, 0.15) is 18.3 Å². The highest BCUT2D eigenvalue weighted by molar-refractivity contribution is 7.92. The number of unbranched alkanes of at least 4 members (excludes halogenated alkanes) is 1. The molecular weight excluding hydrogens is 571 g/mol. The quantitative estimate of drug-likeness (QED) is 0.269. The number of hydrogen-bond acceptors (Lipinski definition) is 5. The lowest BCUT2D eigenvalue weighted by molar-refractivity contribution is -0.139. The van der Waals surface area contributed by atoms with E-state index in [-0.39, 0.29) is 17.1 Å². The summed E-state index contributed by atoms with van der Waals surface area (Å²) in [6.45, 7) is 2.96. The molecule has 0 aromatic heterocycles. The van der Waals surface area contributed by atoms with Crippen LogP contribution < -0.4 is 14.4 Å². The molecule has 12 heteroatoms. The van der Waals surface area contributed by atoms with E-state index in [2.05, 4.69) is 5.32 Å². The average molecular weight is 606 g/mol. The lowest BCUT2D eigenvalue weighted by Gasteiger charge is -2.32. The van der Waals surface area contributed by atoms with Crippen LogP contribution in [-0.2, 0) is 32.3 Å². The van der Waals surface area contributed by atoms with E-state index in [1.165, 1.54) is 49.3 Å². The predicted molar refractivity (Wildman–Crippen MR) is 153 cm³/mol. The van der Waals surface area contributed by atoms with Crippen LogP contribution in [-0.4, -0.2) is 51.4 Å². The molecule has 3 rings (SSSR count). The summed E-state index contributed by atoms with van der Waals surface area (Å²) in [7, 11) is -2.99. The van der Waals surface area contributed by atoms with E-state index in [0.717, 1.165) is 25.0 Å². The van der Waals surface area contributed by atoms with Gasteiger partial charge in [0.2, 0.25) is 11.8 Å². The highest BCUT2D eigenvalue weighted by atomic mass is 32.2. The molecule has 226 valence electrons. The van der Waals surface area contributed by atoms with Crippen molar-refractivity contribution in [3.05, 3.63) is 90.0 Å². The first kappa shape index (κ1) is 32.5. The number of anilines is 1. The first-order chi connectivity index (χ1) is 19.9. The summed E-state index contributed by atoms with van der Waals surface area (Å²) in [4.78, 5) is 27.9. The smallest absolute Gasteiger partial charge is 0.416 e. The number of alkyl halides is 3. The van der Waals surface area contributed by atoms with Crippen molar-refractivity contribution in [2.75, 3.05) is 24.5 Å². The van der Waals surface area contributed by atoms with Gasteiger partial charge in [0, 0.05) is 13.1 Å². The van der Waals surface area contributed by atoms with Crippen LogP contribution in [0.4, 0.5) is 18.9 Å². The number of ether oxygens (including phenoxy) is 1. The Bertz CT molecular complexity index is 1450. The molecule has 0 spiro atoms. The first-order valence-corrected chi connectivity index (χ1v) is 14.8. The van der Waals surface area contributed by atoms with Crippen molar-refractivity contribution in [2.24, 2.45) is 0 Å². The maximum absolute atomic E-state index is 13.9. The molecule has 0 aliphatic rings. The highest BCUT2D eigenvalue weighted by Gasteiger charge is 2.35. The number of nitrogens with zero attached hydrogens (tertiary/aromatic N) is 2. The summed E-state index contributed by atoms with van der Waals surface area (Å²) >= 11 is 0. The summed E-state index contributed by atoms with van der Waals surface area (Å²) in [5.74, 6) is -0.644. The molecule has 0 bridgehead atoms. The number of benzene rings is 3. The zero-order valence-corrected chi connectivity index (χ0v) is 24.4. The largest absolute Gasteiger partial charge is 0.497 e. The molecule has 0 radical (unpaired) electrons. The van der Waals surface area contributed by atoms with E-state index < -0.39 is 46.2 Å². The maximum atomic E-state index is 13.9. The molecule has 0 heterocycles. The van der Waals surface area contributed by atoms with Crippen LogP contribution in [0.1, 0.15) is 37.8 Å². The first-order valence-electron chi connectivity index (χ1n) is 13.3. The van der Waals surface area contributed by atoms with Gasteiger partial charge in [-0.1, -0.05) is 49.7 Å². The fraction of sp³-hybridized carbons (Fsp3) is 0.333. The van der Waals surface area contributed by atoms with Crippen LogP contribution in [0.2, 0.25) is 0 Å². The molecule has 1 atom stereocenters. The van der Waals surface area contributed by atoms with Crippen LogP contribution in [0.3, 0.4) is 0 Å². The summed E-state index contributed by atoms with van der Waals surface area (Å²) in [5.41, 5.74) is -0.778. The minimum Gasteiger partial charge on any atom is -0.497 e. The van der Waals surface area contributed by atoms with E-state index >= 15 is 0 Å². The van der Waals surface area contributed by atoms with Gasteiger partial charge in [-0.05, 0) is 61.4 Å². The van der Waals surface area contributed by atoms with Gasteiger partial charge >= 0.3 is 6.18 Å². The van der Waals surface area contributed by atoms with E-state index in [9.17, 15) is 31.2 Å². The Morgan fingerprint density at radius 2 is 1.64 bits per heavy atom. The van der Waals surface area contributed by atoms with Crippen LogP contribution in [0.5, 0.6) is 5.75 Å². The van der Waals surface area contributed by atoms with E-state index in [1.54, 1.807) is 30.3 Å². The Morgan fingerprint density at radius 1 is 0.976 bits per heavy atom. The molecule has 0 saturated heterocycles. The Balaban J connectivity index is 2.04. The molecule has 0 unspecified atom stereocenters. The third kappa shape index (κ3) is 8.25. The lowest BCUT2D eigenvalue weighted by Crippen LogP contribution is -2.51. The second-order valence-corrected chi connectivity index (χ2v) is 11.4. The Morgan fingerprint density at radius 3 is 2.24 bits per heavy atom. The second kappa shape index (κ2) is 14.2. The second-order valence-electron chi connectivity index (χ2n) is 9.56.